The Bertz CT molecular complexity index is 669. The number of aromatic nitrogens is 1. The molecule has 0 radical (unpaired) electrons. The van der Waals surface area contributed by atoms with Crippen molar-refractivity contribution in [3.05, 3.63) is 47.1 Å². The summed E-state index contributed by atoms with van der Waals surface area (Å²) in [6.45, 7) is 6.51. The standard InChI is InChI=1S/C17H20FN3O2/c1-12-16(13(2)23-19-12)11-17(22)21-9-7-20(8-10-21)15-5-3-14(18)4-6-15/h3-6H,7-11H2,1-2H3. The van der Waals surface area contributed by atoms with E-state index in [0.717, 1.165) is 30.0 Å². The molecular formula is C17H20FN3O2. The highest BCUT2D eigenvalue weighted by Crippen LogP contribution is 2.18. The number of halogens is 1. The van der Waals surface area contributed by atoms with Crippen molar-refractivity contribution >= 4 is 11.6 Å². The number of piperazine rings is 1. The fourth-order valence-electron chi connectivity index (χ4n) is 2.88. The number of carbonyl (C=O) groups excluding carboxylic acids is 1. The van der Waals surface area contributed by atoms with Gasteiger partial charge in [0.25, 0.3) is 0 Å². The molecule has 1 aliphatic heterocycles. The van der Waals surface area contributed by atoms with Crippen LogP contribution in [0.5, 0.6) is 0 Å². The highest BCUT2D eigenvalue weighted by molar-refractivity contribution is 5.79. The molecule has 1 aromatic carbocycles. The highest BCUT2D eigenvalue weighted by Gasteiger charge is 2.23. The van der Waals surface area contributed by atoms with Gasteiger partial charge in [-0.15, -0.1) is 0 Å². The molecule has 0 unspecified atom stereocenters. The molecule has 3 rings (SSSR count). The number of amides is 1. The van der Waals surface area contributed by atoms with Crippen LogP contribution in [0.15, 0.2) is 28.8 Å². The second-order valence-electron chi connectivity index (χ2n) is 5.82. The maximum absolute atomic E-state index is 13.0. The van der Waals surface area contributed by atoms with Gasteiger partial charge in [-0.25, -0.2) is 4.39 Å². The van der Waals surface area contributed by atoms with Gasteiger partial charge in [0.15, 0.2) is 0 Å². The molecule has 1 saturated heterocycles. The summed E-state index contributed by atoms with van der Waals surface area (Å²) in [7, 11) is 0. The summed E-state index contributed by atoms with van der Waals surface area (Å²) in [5.74, 6) is 0.570. The molecule has 0 atom stereocenters. The first kappa shape index (κ1) is 15.5. The zero-order chi connectivity index (χ0) is 16.4. The number of hydrogen-bond donors (Lipinski definition) is 0. The van der Waals surface area contributed by atoms with Crippen LogP contribution >= 0.6 is 0 Å². The lowest BCUT2D eigenvalue weighted by atomic mass is 10.1. The predicted molar refractivity (Wildman–Crippen MR) is 84.9 cm³/mol. The Balaban J connectivity index is 1.58. The lowest BCUT2D eigenvalue weighted by molar-refractivity contribution is -0.130. The van der Waals surface area contributed by atoms with E-state index >= 15 is 0 Å². The number of aryl methyl sites for hydroxylation is 2. The van der Waals surface area contributed by atoms with Gasteiger partial charge < -0.3 is 14.3 Å². The average Bonchev–Trinajstić information content (AvgIpc) is 2.87. The molecule has 1 aromatic heterocycles. The van der Waals surface area contributed by atoms with Crippen molar-refractivity contribution in [2.45, 2.75) is 20.3 Å². The van der Waals surface area contributed by atoms with Gasteiger partial charge in [-0.2, -0.15) is 0 Å². The minimum atomic E-state index is -0.234. The lowest BCUT2D eigenvalue weighted by Gasteiger charge is -2.36. The Morgan fingerprint density at radius 1 is 1.17 bits per heavy atom. The Morgan fingerprint density at radius 3 is 2.39 bits per heavy atom. The molecule has 5 nitrogen and oxygen atoms in total. The fourth-order valence-corrected chi connectivity index (χ4v) is 2.88. The predicted octanol–water partition coefficient (Wildman–Crippen LogP) is 2.32. The molecule has 0 spiro atoms. The van der Waals surface area contributed by atoms with E-state index < -0.39 is 0 Å². The molecule has 0 bridgehead atoms. The zero-order valence-corrected chi connectivity index (χ0v) is 13.4. The Labute approximate surface area is 134 Å². The van der Waals surface area contributed by atoms with Crippen LogP contribution in [-0.2, 0) is 11.2 Å². The fraction of sp³-hybridized carbons (Fsp3) is 0.412. The van der Waals surface area contributed by atoms with Gasteiger partial charge in [-0.3, -0.25) is 4.79 Å². The number of benzene rings is 1. The van der Waals surface area contributed by atoms with Crippen LogP contribution in [0.1, 0.15) is 17.0 Å². The van der Waals surface area contributed by atoms with Crippen LogP contribution in [0.4, 0.5) is 10.1 Å². The molecule has 6 heteroatoms. The summed E-state index contributed by atoms with van der Waals surface area (Å²) in [4.78, 5) is 16.5. The van der Waals surface area contributed by atoms with Crippen molar-refractivity contribution in [1.82, 2.24) is 10.1 Å². The van der Waals surface area contributed by atoms with Gasteiger partial charge in [-0.1, -0.05) is 5.16 Å². The minimum Gasteiger partial charge on any atom is -0.368 e. The van der Waals surface area contributed by atoms with E-state index in [1.165, 1.54) is 12.1 Å². The van der Waals surface area contributed by atoms with E-state index in [0.29, 0.717) is 25.3 Å². The van der Waals surface area contributed by atoms with Crippen LogP contribution in [0.25, 0.3) is 0 Å². The van der Waals surface area contributed by atoms with Gasteiger partial charge in [0, 0.05) is 37.4 Å². The monoisotopic (exact) mass is 317 g/mol. The van der Waals surface area contributed by atoms with Gasteiger partial charge in [0.2, 0.25) is 5.91 Å². The maximum Gasteiger partial charge on any atom is 0.227 e. The van der Waals surface area contributed by atoms with Crippen molar-refractivity contribution in [3.63, 3.8) is 0 Å². The normalized spacial score (nSPS) is 15.1. The number of carbonyl (C=O) groups is 1. The quantitative estimate of drug-likeness (QED) is 0.872. The number of hydrogen-bond acceptors (Lipinski definition) is 4. The Hall–Kier alpha value is -2.37. The van der Waals surface area contributed by atoms with Crippen LogP contribution < -0.4 is 4.90 Å². The molecule has 0 aliphatic carbocycles. The number of rotatable bonds is 3. The Morgan fingerprint density at radius 2 is 1.83 bits per heavy atom. The van der Waals surface area contributed by atoms with E-state index in [9.17, 15) is 9.18 Å². The molecule has 1 amide bonds. The third kappa shape index (κ3) is 3.36. The van der Waals surface area contributed by atoms with E-state index in [1.807, 2.05) is 18.7 Å². The van der Waals surface area contributed by atoms with Crippen LogP contribution in [-0.4, -0.2) is 42.1 Å². The van der Waals surface area contributed by atoms with Crippen LogP contribution in [0.3, 0.4) is 0 Å². The summed E-state index contributed by atoms with van der Waals surface area (Å²) >= 11 is 0. The zero-order valence-electron chi connectivity index (χ0n) is 13.4. The summed E-state index contributed by atoms with van der Waals surface area (Å²) in [5.41, 5.74) is 2.65. The molecule has 0 saturated carbocycles. The molecule has 23 heavy (non-hydrogen) atoms. The van der Waals surface area contributed by atoms with Crippen molar-refractivity contribution in [3.8, 4) is 0 Å². The second-order valence-corrected chi connectivity index (χ2v) is 5.82. The van der Waals surface area contributed by atoms with Gasteiger partial charge in [0.1, 0.15) is 11.6 Å². The summed E-state index contributed by atoms with van der Waals surface area (Å²) in [6.07, 6.45) is 0.331. The van der Waals surface area contributed by atoms with Gasteiger partial charge in [-0.05, 0) is 38.1 Å². The third-order valence-electron chi connectivity index (χ3n) is 4.33. The van der Waals surface area contributed by atoms with Crippen LogP contribution in [0, 0.1) is 19.7 Å². The molecule has 1 fully saturated rings. The first-order valence-corrected chi connectivity index (χ1v) is 7.74. The first-order valence-electron chi connectivity index (χ1n) is 7.74. The van der Waals surface area contributed by atoms with Crippen molar-refractivity contribution in [1.29, 1.82) is 0 Å². The van der Waals surface area contributed by atoms with Gasteiger partial charge >= 0.3 is 0 Å². The molecule has 0 N–H and O–H groups in total. The molecular weight excluding hydrogens is 297 g/mol. The maximum atomic E-state index is 13.0. The molecule has 2 heterocycles. The minimum absolute atomic E-state index is 0.0955. The van der Waals surface area contributed by atoms with Gasteiger partial charge in [0.05, 0.1) is 12.1 Å². The van der Waals surface area contributed by atoms with Crippen LogP contribution in [0.2, 0.25) is 0 Å². The van der Waals surface area contributed by atoms with Crippen molar-refractivity contribution in [2.75, 3.05) is 31.1 Å². The SMILES string of the molecule is Cc1noc(C)c1CC(=O)N1CCN(c2ccc(F)cc2)CC1. The Kier molecular flexibility index (Phi) is 4.32. The van der Waals surface area contributed by atoms with Crippen molar-refractivity contribution in [2.24, 2.45) is 0 Å². The molecule has 122 valence electrons. The second kappa shape index (κ2) is 6.40. The van der Waals surface area contributed by atoms with E-state index in [2.05, 4.69) is 10.1 Å². The first-order chi connectivity index (χ1) is 11.0. The summed E-state index contributed by atoms with van der Waals surface area (Å²) < 4.78 is 18.1. The summed E-state index contributed by atoms with van der Waals surface area (Å²) in [6, 6.07) is 6.47. The third-order valence-corrected chi connectivity index (χ3v) is 4.33. The molecule has 1 aliphatic rings. The number of nitrogens with zero attached hydrogens (tertiary/aromatic N) is 3. The average molecular weight is 317 g/mol. The topological polar surface area (TPSA) is 49.6 Å². The lowest BCUT2D eigenvalue weighted by Crippen LogP contribution is -2.49. The van der Waals surface area contributed by atoms with E-state index in [-0.39, 0.29) is 11.7 Å². The van der Waals surface area contributed by atoms with E-state index in [1.54, 1.807) is 12.1 Å². The van der Waals surface area contributed by atoms with Crippen molar-refractivity contribution < 1.29 is 13.7 Å². The molecule has 2 aromatic rings. The number of anilines is 1. The summed E-state index contributed by atoms with van der Waals surface area (Å²) in [5, 5.41) is 3.89. The smallest absolute Gasteiger partial charge is 0.227 e. The van der Waals surface area contributed by atoms with E-state index in [4.69, 9.17) is 4.52 Å². The largest absolute Gasteiger partial charge is 0.368 e. The highest BCUT2D eigenvalue weighted by atomic mass is 19.1.